The summed E-state index contributed by atoms with van der Waals surface area (Å²) in [5.41, 5.74) is 2.68. The molecule has 22 heavy (non-hydrogen) atoms. The van der Waals surface area contributed by atoms with Crippen molar-refractivity contribution in [1.29, 1.82) is 0 Å². The molecule has 0 saturated heterocycles. The summed E-state index contributed by atoms with van der Waals surface area (Å²) in [5.74, 6) is -0.578. The number of benzene rings is 1. The van der Waals surface area contributed by atoms with Crippen LogP contribution in [0, 0.1) is 0 Å². The first-order valence-corrected chi connectivity index (χ1v) is 7.40. The maximum absolute atomic E-state index is 11.7. The molecule has 0 amide bonds. The Morgan fingerprint density at radius 1 is 1.23 bits per heavy atom. The quantitative estimate of drug-likeness (QED) is 0.802. The Bertz CT molecular complexity index is 882. The lowest BCUT2D eigenvalue weighted by Gasteiger charge is -2.01. The molecule has 0 unspecified atom stereocenters. The molecule has 1 N–H and O–H groups in total. The van der Waals surface area contributed by atoms with Gasteiger partial charge in [-0.15, -0.1) is 0 Å². The van der Waals surface area contributed by atoms with Crippen LogP contribution in [0.4, 0.5) is 0 Å². The van der Waals surface area contributed by atoms with Gasteiger partial charge in [-0.3, -0.25) is 0 Å². The standard InChI is InChI=1S/C16H12ClN3O2/c17-11-5-3-10(4-6-11)14-13(16(21)22)15-18-8-7-12(9-1-2-9)20(15)19-14/h3-9H,1-2H2,(H,21,22). The molecule has 2 aromatic heterocycles. The Balaban J connectivity index is 2.01. The van der Waals surface area contributed by atoms with E-state index in [-0.39, 0.29) is 5.56 Å². The van der Waals surface area contributed by atoms with Crippen LogP contribution in [0.25, 0.3) is 16.9 Å². The number of nitrogens with zero attached hydrogens (tertiary/aromatic N) is 3. The molecule has 0 aliphatic heterocycles. The molecule has 1 fully saturated rings. The van der Waals surface area contributed by atoms with E-state index >= 15 is 0 Å². The SMILES string of the molecule is O=C(O)c1c(-c2ccc(Cl)cc2)nn2c(C3CC3)ccnc12. The predicted octanol–water partition coefficient (Wildman–Crippen LogP) is 3.63. The summed E-state index contributed by atoms with van der Waals surface area (Å²) in [5, 5.41) is 14.7. The minimum atomic E-state index is -1.03. The van der Waals surface area contributed by atoms with E-state index in [0.29, 0.717) is 27.8 Å². The van der Waals surface area contributed by atoms with Crippen molar-refractivity contribution >= 4 is 23.2 Å². The molecule has 0 spiro atoms. The van der Waals surface area contributed by atoms with Gasteiger partial charge >= 0.3 is 5.97 Å². The van der Waals surface area contributed by atoms with Gasteiger partial charge in [-0.2, -0.15) is 5.10 Å². The van der Waals surface area contributed by atoms with E-state index in [1.807, 2.05) is 6.07 Å². The van der Waals surface area contributed by atoms with Crippen LogP contribution in [0.15, 0.2) is 36.5 Å². The molecule has 2 heterocycles. The third-order valence-electron chi connectivity index (χ3n) is 3.87. The molecule has 1 aliphatic carbocycles. The molecule has 110 valence electrons. The predicted molar refractivity (Wildman–Crippen MR) is 82.4 cm³/mol. The minimum Gasteiger partial charge on any atom is -0.477 e. The third kappa shape index (κ3) is 2.05. The lowest BCUT2D eigenvalue weighted by atomic mass is 10.1. The van der Waals surface area contributed by atoms with Crippen LogP contribution in [0.2, 0.25) is 5.02 Å². The zero-order valence-corrected chi connectivity index (χ0v) is 12.3. The van der Waals surface area contributed by atoms with E-state index in [2.05, 4.69) is 10.1 Å². The second-order valence-corrected chi connectivity index (χ2v) is 5.85. The van der Waals surface area contributed by atoms with Gasteiger partial charge in [0.1, 0.15) is 11.3 Å². The second-order valence-electron chi connectivity index (χ2n) is 5.42. The zero-order chi connectivity index (χ0) is 15.3. The first kappa shape index (κ1) is 13.3. The Hall–Kier alpha value is -2.40. The average Bonchev–Trinajstić information content (AvgIpc) is 3.26. The number of rotatable bonds is 3. The van der Waals surface area contributed by atoms with Crippen molar-refractivity contribution < 1.29 is 9.90 Å². The molecule has 6 heteroatoms. The van der Waals surface area contributed by atoms with Crippen LogP contribution < -0.4 is 0 Å². The Morgan fingerprint density at radius 2 is 1.95 bits per heavy atom. The second kappa shape index (κ2) is 4.81. The van der Waals surface area contributed by atoms with Crippen LogP contribution in [-0.2, 0) is 0 Å². The van der Waals surface area contributed by atoms with Gasteiger partial charge in [0.25, 0.3) is 0 Å². The van der Waals surface area contributed by atoms with Crippen molar-refractivity contribution in [2.24, 2.45) is 0 Å². The van der Waals surface area contributed by atoms with Crippen LogP contribution >= 0.6 is 11.6 Å². The summed E-state index contributed by atoms with van der Waals surface area (Å²) in [6, 6.07) is 8.90. The van der Waals surface area contributed by atoms with Gasteiger partial charge in [-0.05, 0) is 31.0 Å². The maximum atomic E-state index is 11.7. The summed E-state index contributed by atoms with van der Waals surface area (Å²) < 4.78 is 1.67. The highest BCUT2D eigenvalue weighted by atomic mass is 35.5. The topological polar surface area (TPSA) is 67.5 Å². The van der Waals surface area contributed by atoms with Crippen LogP contribution in [0.1, 0.15) is 34.8 Å². The number of hydrogen-bond acceptors (Lipinski definition) is 3. The average molecular weight is 314 g/mol. The lowest BCUT2D eigenvalue weighted by molar-refractivity contribution is 0.0699. The Labute approximate surface area is 131 Å². The summed E-state index contributed by atoms with van der Waals surface area (Å²) in [4.78, 5) is 15.9. The molecule has 5 nitrogen and oxygen atoms in total. The molecule has 1 aliphatic rings. The van der Waals surface area contributed by atoms with Crippen LogP contribution in [0.3, 0.4) is 0 Å². The van der Waals surface area contributed by atoms with E-state index < -0.39 is 5.97 Å². The molecular weight excluding hydrogens is 302 g/mol. The van der Waals surface area contributed by atoms with Gasteiger partial charge in [-0.1, -0.05) is 23.7 Å². The molecule has 0 bridgehead atoms. The molecule has 1 aromatic carbocycles. The maximum Gasteiger partial charge on any atom is 0.341 e. The number of fused-ring (bicyclic) bond motifs is 1. The molecule has 4 rings (SSSR count). The fraction of sp³-hybridized carbons (Fsp3) is 0.188. The largest absolute Gasteiger partial charge is 0.477 e. The number of carboxylic acids is 1. The van der Waals surface area contributed by atoms with Crippen molar-refractivity contribution in [3.05, 3.63) is 52.8 Å². The van der Waals surface area contributed by atoms with E-state index in [4.69, 9.17) is 11.6 Å². The number of carboxylic acid groups (broad SMARTS) is 1. The molecule has 1 saturated carbocycles. The van der Waals surface area contributed by atoms with Crippen LogP contribution in [0.5, 0.6) is 0 Å². The van der Waals surface area contributed by atoms with Crippen molar-refractivity contribution in [2.75, 3.05) is 0 Å². The van der Waals surface area contributed by atoms with Gasteiger partial charge in [0.2, 0.25) is 0 Å². The summed E-state index contributed by atoms with van der Waals surface area (Å²) >= 11 is 5.90. The monoisotopic (exact) mass is 313 g/mol. The van der Waals surface area contributed by atoms with Gasteiger partial charge in [0, 0.05) is 28.4 Å². The highest BCUT2D eigenvalue weighted by Crippen LogP contribution is 2.40. The summed E-state index contributed by atoms with van der Waals surface area (Å²) in [6.07, 6.45) is 3.87. The van der Waals surface area contributed by atoms with Crippen molar-refractivity contribution in [3.63, 3.8) is 0 Å². The number of carbonyl (C=O) groups is 1. The fourth-order valence-electron chi connectivity index (χ4n) is 2.66. The smallest absolute Gasteiger partial charge is 0.341 e. The van der Waals surface area contributed by atoms with Gasteiger partial charge in [-0.25, -0.2) is 14.3 Å². The summed E-state index contributed by atoms with van der Waals surface area (Å²) in [6.45, 7) is 0. The lowest BCUT2D eigenvalue weighted by Crippen LogP contribution is -2.01. The highest BCUT2D eigenvalue weighted by molar-refractivity contribution is 6.30. The van der Waals surface area contributed by atoms with E-state index in [1.165, 1.54) is 0 Å². The van der Waals surface area contributed by atoms with Gasteiger partial charge < -0.3 is 5.11 Å². The first-order valence-electron chi connectivity index (χ1n) is 7.02. The number of hydrogen-bond donors (Lipinski definition) is 1. The van der Waals surface area contributed by atoms with E-state index in [1.54, 1.807) is 35.0 Å². The molecule has 0 atom stereocenters. The first-order chi connectivity index (χ1) is 10.6. The van der Waals surface area contributed by atoms with Gasteiger partial charge in [0.05, 0.1) is 0 Å². The van der Waals surface area contributed by atoms with E-state index in [0.717, 1.165) is 18.5 Å². The molecule has 0 radical (unpaired) electrons. The Kier molecular flexibility index (Phi) is 2.90. The number of aromatic nitrogens is 3. The fourth-order valence-corrected chi connectivity index (χ4v) is 2.78. The third-order valence-corrected chi connectivity index (χ3v) is 4.13. The van der Waals surface area contributed by atoms with Crippen molar-refractivity contribution in [1.82, 2.24) is 14.6 Å². The minimum absolute atomic E-state index is 0.129. The van der Waals surface area contributed by atoms with Crippen molar-refractivity contribution in [3.8, 4) is 11.3 Å². The van der Waals surface area contributed by atoms with E-state index in [9.17, 15) is 9.90 Å². The van der Waals surface area contributed by atoms with Gasteiger partial charge in [0.15, 0.2) is 5.65 Å². The highest BCUT2D eigenvalue weighted by Gasteiger charge is 2.29. The van der Waals surface area contributed by atoms with Crippen LogP contribution in [-0.4, -0.2) is 25.7 Å². The molecule has 3 aromatic rings. The number of halogens is 1. The normalized spacial score (nSPS) is 14.4. The number of aromatic carboxylic acids is 1. The summed E-state index contributed by atoms with van der Waals surface area (Å²) in [7, 11) is 0. The Morgan fingerprint density at radius 3 is 2.59 bits per heavy atom. The molecular formula is C16H12ClN3O2. The zero-order valence-electron chi connectivity index (χ0n) is 11.5. The van der Waals surface area contributed by atoms with Crippen molar-refractivity contribution in [2.45, 2.75) is 18.8 Å².